The number of rotatable bonds is 10. The van der Waals surface area contributed by atoms with Crippen molar-refractivity contribution in [1.82, 2.24) is 15.4 Å². The van der Waals surface area contributed by atoms with Crippen molar-refractivity contribution in [3.8, 4) is 0 Å². The zero-order valence-corrected chi connectivity index (χ0v) is 21.1. The summed E-state index contributed by atoms with van der Waals surface area (Å²) in [5, 5.41) is 15.4. The first-order valence-electron chi connectivity index (χ1n) is 10.0. The number of carbonyl (C=O) groups excluding carboxylic acids is 2. The number of aliphatic hydroxyl groups excluding tert-OH is 1. The lowest BCUT2D eigenvalue weighted by Gasteiger charge is -2.24. The summed E-state index contributed by atoms with van der Waals surface area (Å²) in [6.07, 6.45) is -1.60. The van der Waals surface area contributed by atoms with Crippen molar-refractivity contribution in [2.45, 2.75) is 63.7 Å². The maximum Gasteiger partial charge on any atom is 0.408 e. The van der Waals surface area contributed by atoms with Crippen LogP contribution in [0.2, 0.25) is 10.0 Å². The Hall–Kier alpha value is -1.59. The number of aliphatic hydroxyl groups is 1. The van der Waals surface area contributed by atoms with Gasteiger partial charge in [-0.15, -0.1) is 0 Å². The minimum absolute atomic E-state index is 0.0578. The maximum atomic E-state index is 12.5. The van der Waals surface area contributed by atoms with Crippen molar-refractivity contribution in [2.24, 2.45) is 5.92 Å². The lowest BCUT2D eigenvalue weighted by atomic mass is 10.0. The van der Waals surface area contributed by atoms with Crippen LogP contribution in [0.3, 0.4) is 0 Å². The predicted octanol–water partition coefficient (Wildman–Crippen LogP) is 2.69. The van der Waals surface area contributed by atoms with E-state index in [0.717, 1.165) is 0 Å². The number of amides is 2. The summed E-state index contributed by atoms with van der Waals surface area (Å²) >= 11 is 11.7. The zero-order chi connectivity index (χ0) is 24.7. The molecule has 0 aliphatic heterocycles. The molecule has 1 aromatic carbocycles. The fourth-order valence-corrected chi connectivity index (χ4v) is 4.39. The van der Waals surface area contributed by atoms with E-state index in [-0.39, 0.29) is 33.9 Å². The van der Waals surface area contributed by atoms with E-state index in [1.165, 1.54) is 18.2 Å². The van der Waals surface area contributed by atoms with Gasteiger partial charge in [-0.2, -0.15) is 0 Å². The van der Waals surface area contributed by atoms with E-state index in [0.29, 0.717) is 6.42 Å². The molecule has 0 unspecified atom stereocenters. The Kier molecular flexibility index (Phi) is 10.7. The molecule has 0 saturated carbocycles. The first-order valence-corrected chi connectivity index (χ1v) is 12.2. The second kappa shape index (κ2) is 12.0. The van der Waals surface area contributed by atoms with Crippen molar-refractivity contribution >= 4 is 45.2 Å². The van der Waals surface area contributed by atoms with Gasteiger partial charge in [0.05, 0.1) is 11.1 Å². The van der Waals surface area contributed by atoms with Crippen molar-refractivity contribution in [1.29, 1.82) is 0 Å². The number of hydrogen-bond donors (Lipinski definition) is 4. The normalized spacial score (nSPS) is 14.0. The summed E-state index contributed by atoms with van der Waals surface area (Å²) in [5.41, 5.74) is -0.719. The van der Waals surface area contributed by atoms with Crippen molar-refractivity contribution in [3.05, 3.63) is 28.2 Å². The Morgan fingerprint density at radius 2 is 1.78 bits per heavy atom. The molecule has 2 atom stereocenters. The van der Waals surface area contributed by atoms with Gasteiger partial charge in [0.15, 0.2) is 0 Å². The molecule has 32 heavy (non-hydrogen) atoms. The van der Waals surface area contributed by atoms with E-state index in [1.807, 2.05) is 13.8 Å². The molecule has 0 spiro atoms. The van der Waals surface area contributed by atoms with Crippen molar-refractivity contribution < 1.29 is 27.9 Å². The van der Waals surface area contributed by atoms with E-state index < -0.39 is 39.8 Å². The Bertz CT molecular complexity index is 903. The van der Waals surface area contributed by atoms with Gasteiger partial charge in [0.2, 0.25) is 15.9 Å². The molecule has 1 aromatic rings. The largest absolute Gasteiger partial charge is 0.444 e. The van der Waals surface area contributed by atoms with Gasteiger partial charge in [0, 0.05) is 18.1 Å². The molecule has 12 heteroatoms. The zero-order valence-electron chi connectivity index (χ0n) is 18.7. The van der Waals surface area contributed by atoms with Crippen LogP contribution < -0.4 is 15.4 Å². The molecule has 1 rings (SSSR count). The average Bonchev–Trinajstić information content (AvgIpc) is 2.61. The van der Waals surface area contributed by atoms with E-state index in [1.54, 1.807) is 20.8 Å². The van der Waals surface area contributed by atoms with Crippen LogP contribution in [0.15, 0.2) is 23.1 Å². The maximum absolute atomic E-state index is 12.5. The number of hydrogen-bond acceptors (Lipinski definition) is 6. The quantitative estimate of drug-likeness (QED) is 0.381. The number of nitrogens with one attached hydrogen (secondary N) is 3. The second-order valence-corrected chi connectivity index (χ2v) is 11.2. The van der Waals surface area contributed by atoms with Crippen molar-refractivity contribution in [3.63, 3.8) is 0 Å². The summed E-state index contributed by atoms with van der Waals surface area (Å²) < 4.78 is 32.2. The molecule has 0 aliphatic carbocycles. The lowest BCUT2D eigenvalue weighted by Crippen LogP contribution is -2.50. The number of carbonyl (C=O) groups is 2. The topological polar surface area (TPSA) is 134 Å². The number of sulfonamides is 1. The highest BCUT2D eigenvalue weighted by atomic mass is 35.5. The molecule has 9 nitrogen and oxygen atoms in total. The van der Waals surface area contributed by atoms with Gasteiger partial charge >= 0.3 is 6.09 Å². The molecule has 0 aromatic heterocycles. The van der Waals surface area contributed by atoms with E-state index in [9.17, 15) is 23.1 Å². The van der Waals surface area contributed by atoms with Crippen LogP contribution in [0.1, 0.15) is 41.0 Å². The number of halogens is 2. The molecule has 0 aliphatic rings. The molecular formula is C20H31Cl2N3O6S. The van der Waals surface area contributed by atoms with Crippen LogP contribution in [0.25, 0.3) is 0 Å². The summed E-state index contributed by atoms with van der Waals surface area (Å²) in [7, 11) is -3.99. The first-order chi connectivity index (χ1) is 14.6. The third kappa shape index (κ3) is 10.4. The number of ether oxygens (including phenoxy) is 1. The highest BCUT2D eigenvalue weighted by molar-refractivity contribution is 7.89. The first kappa shape index (κ1) is 28.4. The minimum atomic E-state index is -3.99. The summed E-state index contributed by atoms with van der Waals surface area (Å²) in [5.74, 6) is -0.422. The van der Waals surface area contributed by atoms with E-state index in [4.69, 9.17) is 27.9 Å². The standard InChI is InChI=1S/C20H31Cl2N3O6S/c1-12(2)8-16(25-19(28)31-20(3,4)5)18(27)23-10-14(26)11-24-32(29,30)17-7-6-13(21)9-15(17)22/h6-7,9,12,14,16,24,26H,8,10-11H2,1-5H3,(H,23,27)(H,25,28)/t14-,16+/m1/s1. The van der Waals surface area contributed by atoms with Gasteiger partial charge in [0.1, 0.15) is 16.5 Å². The SMILES string of the molecule is CC(C)C[C@H](NC(=O)OC(C)(C)C)C(=O)NC[C@@H](O)CNS(=O)(=O)c1ccc(Cl)cc1Cl. The van der Waals surface area contributed by atoms with Crippen LogP contribution >= 0.6 is 23.2 Å². The Morgan fingerprint density at radius 3 is 2.31 bits per heavy atom. The molecule has 0 saturated heterocycles. The highest BCUT2D eigenvalue weighted by Crippen LogP contribution is 2.24. The van der Waals surface area contributed by atoms with Gasteiger partial charge in [-0.25, -0.2) is 17.9 Å². The third-order valence-corrected chi connectivity index (χ3v) is 6.06. The van der Waals surface area contributed by atoms with Crippen LogP contribution in [-0.2, 0) is 19.6 Å². The van der Waals surface area contributed by atoms with Gasteiger partial charge in [-0.1, -0.05) is 37.0 Å². The monoisotopic (exact) mass is 511 g/mol. The summed E-state index contributed by atoms with van der Waals surface area (Å²) in [4.78, 5) is 24.4. The second-order valence-electron chi connectivity index (χ2n) is 8.65. The molecule has 0 bridgehead atoms. The average molecular weight is 512 g/mol. The smallest absolute Gasteiger partial charge is 0.408 e. The van der Waals surface area contributed by atoms with Gasteiger partial charge in [-0.3, -0.25) is 4.79 Å². The van der Waals surface area contributed by atoms with Crippen LogP contribution in [0.5, 0.6) is 0 Å². The third-order valence-electron chi connectivity index (χ3n) is 3.92. The molecule has 0 radical (unpaired) electrons. The minimum Gasteiger partial charge on any atom is -0.444 e. The Balaban J connectivity index is 2.65. The molecular weight excluding hydrogens is 481 g/mol. The fourth-order valence-electron chi connectivity index (χ4n) is 2.54. The van der Waals surface area contributed by atoms with Gasteiger partial charge in [0.25, 0.3) is 0 Å². The molecule has 0 fully saturated rings. The number of alkyl carbamates (subject to hydrolysis) is 1. The molecule has 4 N–H and O–H groups in total. The van der Waals surface area contributed by atoms with Crippen molar-refractivity contribution in [2.75, 3.05) is 13.1 Å². The highest BCUT2D eigenvalue weighted by Gasteiger charge is 2.26. The summed E-state index contributed by atoms with van der Waals surface area (Å²) in [6.45, 7) is 8.30. The van der Waals surface area contributed by atoms with Crippen LogP contribution in [0.4, 0.5) is 4.79 Å². The van der Waals surface area contributed by atoms with Crippen LogP contribution in [0, 0.1) is 5.92 Å². The summed E-state index contributed by atoms with van der Waals surface area (Å²) in [6, 6.07) is 3.05. The fraction of sp³-hybridized carbons (Fsp3) is 0.600. The molecule has 2 amide bonds. The van der Waals surface area contributed by atoms with Crippen LogP contribution in [-0.4, -0.2) is 56.4 Å². The van der Waals surface area contributed by atoms with E-state index in [2.05, 4.69) is 15.4 Å². The van der Waals surface area contributed by atoms with Gasteiger partial charge < -0.3 is 20.5 Å². The van der Waals surface area contributed by atoms with E-state index >= 15 is 0 Å². The Labute approximate surface area is 199 Å². The molecule has 182 valence electrons. The molecule has 0 heterocycles. The predicted molar refractivity (Wildman–Crippen MR) is 123 cm³/mol. The van der Waals surface area contributed by atoms with Gasteiger partial charge in [-0.05, 0) is 51.3 Å². The number of benzene rings is 1. The lowest BCUT2D eigenvalue weighted by molar-refractivity contribution is -0.124. The Morgan fingerprint density at radius 1 is 1.16 bits per heavy atom.